The Kier molecular flexibility index (Phi) is 8.20. The lowest BCUT2D eigenvalue weighted by atomic mass is 9.85. The van der Waals surface area contributed by atoms with Crippen LogP contribution in [0.3, 0.4) is 0 Å². The number of phenolic OH excluding ortho intramolecular Hbond substituents is 1. The molecule has 0 saturated heterocycles. The van der Waals surface area contributed by atoms with Gasteiger partial charge in [0.2, 0.25) is 11.6 Å². The summed E-state index contributed by atoms with van der Waals surface area (Å²) >= 11 is 0. The second kappa shape index (κ2) is 12.0. The molecular formula is C29H30F2N6O5. The molecule has 1 aliphatic carbocycles. The van der Waals surface area contributed by atoms with E-state index in [0.29, 0.717) is 30.6 Å². The van der Waals surface area contributed by atoms with Crippen LogP contribution in [0.15, 0.2) is 47.6 Å². The predicted molar refractivity (Wildman–Crippen MR) is 151 cm³/mol. The van der Waals surface area contributed by atoms with Crippen molar-refractivity contribution in [1.82, 2.24) is 9.88 Å². The summed E-state index contributed by atoms with van der Waals surface area (Å²) < 4.78 is 41.7. The third kappa shape index (κ3) is 6.10. The Labute approximate surface area is 240 Å². The van der Waals surface area contributed by atoms with Crippen molar-refractivity contribution in [2.24, 2.45) is 16.6 Å². The molecule has 1 aliphatic heterocycles. The Hall–Kier alpha value is -4.78. The lowest BCUT2D eigenvalue weighted by molar-refractivity contribution is -0.142. The van der Waals surface area contributed by atoms with Crippen molar-refractivity contribution in [3.05, 3.63) is 65.4 Å². The fraction of sp³-hybridized carbons (Fsp3) is 0.310. The molecule has 1 saturated carbocycles. The van der Waals surface area contributed by atoms with Gasteiger partial charge in [-0.05, 0) is 62.7 Å². The Bertz CT molecular complexity index is 1550. The molecule has 1 fully saturated rings. The summed E-state index contributed by atoms with van der Waals surface area (Å²) in [4.78, 5) is 21.6. The molecule has 2 aliphatic rings. The van der Waals surface area contributed by atoms with Crippen molar-refractivity contribution in [1.29, 1.82) is 5.41 Å². The number of carbonyl (C=O) groups is 1. The number of aromatic nitrogens is 1. The van der Waals surface area contributed by atoms with Gasteiger partial charge in [0.25, 0.3) is 5.88 Å². The van der Waals surface area contributed by atoms with E-state index in [1.807, 2.05) is 11.9 Å². The predicted octanol–water partition coefficient (Wildman–Crippen LogP) is 5.00. The van der Waals surface area contributed by atoms with Gasteiger partial charge in [0.05, 0.1) is 12.1 Å². The number of amidine groups is 1. The number of aromatic hydroxyl groups is 1. The van der Waals surface area contributed by atoms with Gasteiger partial charge in [-0.15, -0.1) is 0 Å². The van der Waals surface area contributed by atoms with Crippen LogP contribution in [0.25, 0.3) is 0 Å². The van der Waals surface area contributed by atoms with E-state index >= 15 is 4.39 Å². The van der Waals surface area contributed by atoms with E-state index < -0.39 is 41.3 Å². The van der Waals surface area contributed by atoms with Crippen LogP contribution in [0.4, 0.5) is 14.5 Å². The molecule has 0 amide bonds. The topological polar surface area (TPSA) is 166 Å². The van der Waals surface area contributed by atoms with Gasteiger partial charge in [0, 0.05) is 35.6 Å². The zero-order chi connectivity index (χ0) is 30.0. The van der Waals surface area contributed by atoms with Crippen LogP contribution < -0.4 is 20.5 Å². The van der Waals surface area contributed by atoms with E-state index in [9.17, 15) is 19.4 Å². The van der Waals surface area contributed by atoms with E-state index in [0.717, 1.165) is 19.0 Å². The summed E-state index contributed by atoms with van der Waals surface area (Å²) in [5, 5.41) is 30.6. The number of ether oxygens (including phenoxy) is 2. The largest absolute Gasteiger partial charge is 0.504 e. The number of nitrogens with two attached hydrogens (primary N) is 1. The zero-order valence-electron chi connectivity index (χ0n) is 22.7. The second-order valence-electron chi connectivity index (χ2n) is 10.3. The number of carboxylic acid groups (broad SMARTS) is 1. The van der Waals surface area contributed by atoms with Crippen LogP contribution >= 0.6 is 0 Å². The molecule has 0 radical (unpaired) electrons. The number of benzene rings is 2. The molecule has 6 N–H and O–H groups in total. The van der Waals surface area contributed by atoms with Gasteiger partial charge in [0.15, 0.2) is 17.3 Å². The molecule has 5 rings (SSSR count). The minimum Gasteiger partial charge on any atom is -0.504 e. The summed E-state index contributed by atoms with van der Waals surface area (Å²) in [5.74, 6) is -5.75. The number of nitrogens with one attached hydrogen (secondary N) is 2. The lowest BCUT2D eigenvalue weighted by Gasteiger charge is -2.29. The molecule has 0 spiro atoms. The number of rotatable bonds is 9. The Balaban J connectivity index is 1.45. The van der Waals surface area contributed by atoms with Crippen LogP contribution in [0.2, 0.25) is 0 Å². The quantitative estimate of drug-likeness (QED) is 0.173. The molecule has 220 valence electrons. The molecule has 0 bridgehead atoms. The zero-order valence-corrected chi connectivity index (χ0v) is 22.7. The standard InChI is InChI=1S/C29H30F2N6O5/c1-37-10-9-34-27(37)19-13-18(36-17-4-2-3-16(11-17)29(39)40)6-8-22(19)41-25-20(30)14-35-28(24(25)31)42-23-12-15(26(32)33)5-7-21(23)38/h5-9,12-14,16-17,27,36,38H,2-4,10-11H2,1H3,(H3,32,33)(H,39,40). The first-order chi connectivity index (χ1) is 20.1. The lowest BCUT2D eigenvalue weighted by Crippen LogP contribution is -2.31. The summed E-state index contributed by atoms with van der Waals surface area (Å²) in [7, 11) is 1.85. The molecule has 3 atom stereocenters. The van der Waals surface area contributed by atoms with Crippen LogP contribution in [-0.4, -0.2) is 57.8 Å². The Morgan fingerprint density at radius 1 is 1.17 bits per heavy atom. The average Bonchev–Trinajstić information content (AvgIpc) is 3.39. The maximum absolute atomic E-state index is 15.6. The third-order valence-corrected chi connectivity index (χ3v) is 7.30. The molecule has 2 heterocycles. The number of aliphatic carboxylic acids is 1. The normalized spacial score (nSPS) is 20.3. The highest BCUT2D eigenvalue weighted by Gasteiger charge is 2.29. The van der Waals surface area contributed by atoms with Gasteiger partial charge in [-0.2, -0.15) is 4.39 Å². The fourth-order valence-electron chi connectivity index (χ4n) is 5.10. The molecular weight excluding hydrogens is 550 g/mol. The SMILES string of the molecule is CN1CC=NC1c1cc(NC2CCCC(C(=O)O)C2)ccc1Oc1c(F)cnc(Oc2cc(C(=N)N)ccc2O)c1F. The van der Waals surface area contributed by atoms with Crippen molar-refractivity contribution < 1.29 is 33.3 Å². The summed E-state index contributed by atoms with van der Waals surface area (Å²) in [6.07, 6.45) is 4.72. The molecule has 42 heavy (non-hydrogen) atoms. The molecule has 3 unspecified atom stereocenters. The number of aliphatic imine (C=N–C) groups is 1. The first-order valence-electron chi connectivity index (χ1n) is 13.3. The van der Waals surface area contributed by atoms with Crippen LogP contribution in [0.5, 0.6) is 28.9 Å². The number of phenols is 1. The van der Waals surface area contributed by atoms with Gasteiger partial charge in [-0.1, -0.05) is 6.42 Å². The molecule has 1 aromatic heterocycles. The van der Waals surface area contributed by atoms with Crippen molar-refractivity contribution >= 4 is 23.7 Å². The van der Waals surface area contributed by atoms with Crippen molar-refractivity contribution in [3.8, 4) is 28.9 Å². The molecule has 3 aromatic rings. The number of carboxylic acids is 1. The number of anilines is 1. The van der Waals surface area contributed by atoms with E-state index in [2.05, 4.69) is 15.3 Å². The monoisotopic (exact) mass is 580 g/mol. The van der Waals surface area contributed by atoms with Crippen LogP contribution in [0.1, 0.15) is 43.0 Å². The number of pyridine rings is 1. The van der Waals surface area contributed by atoms with Gasteiger partial charge < -0.3 is 30.7 Å². The van der Waals surface area contributed by atoms with E-state index in [1.54, 1.807) is 24.4 Å². The van der Waals surface area contributed by atoms with Gasteiger partial charge in [-0.3, -0.25) is 20.1 Å². The second-order valence-corrected chi connectivity index (χ2v) is 10.3. The van der Waals surface area contributed by atoms with Crippen molar-refractivity contribution in [2.75, 3.05) is 18.9 Å². The Morgan fingerprint density at radius 2 is 1.98 bits per heavy atom. The maximum Gasteiger partial charge on any atom is 0.306 e. The maximum atomic E-state index is 15.6. The smallest absolute Gasteiger partial charge is 0.306 e. The van der Waals surface area contributed by atoms with Crippen LogP contribution in [0, 0.1) is 23.0 Å². The van der Waals surface area contributed by atoms with Gasteiger partial charge in [-0.25, -0.2) is 9.37 Å². The number of nitrogens with zero attached hydrogens (tertiary/aromatic N) is 3. The number of hydrogen-bond acceptors (Lipinski definition) is 9. The minimum atomic E-state index is -1.25. The first kappa shape index (κ1) is 28.7. The number of halogens is 2. The Morgan fingerprint density at radius 3 is 2.69 bits per heavy atom. The van der Waals surface area contributed by atoms with E-state index in [4.69, 9.17) is 20.6 Å². The number of nitrogen functional groups attached to an aromatic ring is 1. The third-order valence-electron chi connectivity index (χ3n) is 7.30. The highest BCUT2D eigenvalue weighted by atomic mass is 19.1. The molecule has 13 heteroatoms. The summed E-state index contributed by atoms with van der Waals surface area (Å²) in [6, 6.07) is 8.83. The van der Waals surface area contributed by atoms with Crippen molar-refractivity contribution in [2.45, 2.75) is 37.9 Å². The highest BCUT2D eigenvalue weighted by Crippen LogP contribution is 2.41. The van der Waals surface area contributed by atoms with Gasteiger partial charge in [0.1, 0.15) is 17.8 Å². The van der Waals surface area contributed by atoms with E-state index in [-0.39, 0.29) is 34.7 Å². The highest BCUT2D eigenvalue weighted by molar-refractivity contribution is 5.95. The van der Waals surface area contributed by atoms with Gasteiger partial charge >= 0.3 is 5.97 Å². The number of hydrogen-bond donors (Lipinski definition) is 5. The fourth-order valence-corrected chi connectivity index (χ4v) is 5.10. The van der Waals surface area contributed by atoms with E-state index in [1.165, 1.54) is 18.2 Å². The molecule has 2 aromatic carbocycles. The first-order valence-corrected chi connectivity index (χ1v) is 13.3. The van der Waals surface area contributed by atoms with Crippen LogP contribution in [-0.2, 0) is 4.79 Å². The summed E-state index contributed by atoms with van der Waals surface area (Å²) in [5.41, 5.74) is 6.94. The molecule has 11 nitrogen and oxygen atoms in total. The van der Waals surface area contributed by atoms with Crippen molar-refractivity contribution in [3.63, 3.8) is 0 Å². The average molecular weight is 581 g/mol. The minimum absolute atomic E-state index is 0.0445. The summed E-state index contributed by atoms with van der Waals surface area (Å²) in [6.45, 7) is 0.559.